The Bertz CT molecular complexity index is 1040. The Labute approximate surface area is 191 Å². The first-order valence-electron chi connectivity index (χ1n) is 10.7. The molecule has 0 heterocycles. The number of nitriles is 1. The molecule has 174 valence electrons. The number of hydrogen-bond donors (Lipinski definition) is 4. The molecule has 1 aliphatic carbocycles. The van der Waals surface area contributed by atoms with Crippen molar-refractivity contribution in [1.82, 2.24) is 10.7 Å². The molecule has 3 rings (SSSR count). The molecule has 8 heteroatoms. The molecule has 0 aliphatic heterocycles. The molecule has 0 radical (unpaired) electrons. The van der Waals surface area contributed by atoms with E-state index in [1.807, 2.05) is 49.4 Å². The predicted molar refractivity (Wildman–Crippen MR) is 122 cm³/mol. The zero-order chi connectivity index (χ0) is 24.0. The third-order valence-corrected chi connectivity index (χ3v) is 5.44. The molecule has 0 saturated heterocycles. The van der Waals surface area contributed by atoms with E-state index in [9.17, 15) is 18.3 Å². The summed E-state index contributed by atoms with van der Waals surface area (Å²) in [7, 11) is 0. The van der Waals surface area contributed by atoms with Gasteiger partial charge in [-0.3, -0.25) is 0 Å². The number of hydrogen-bond acceptors (Lipinski definition) is 5. The second-order valence-corrected chi connectivity index (χ2v) is 8.25. The fraction of sp³-hybridized carbons (Fsp3) is 0.320. The van der Waals surface area contributed by atoms with Crippen molar-refractivity contribution in [2.75, 3.05) is 5.43 Å². The van der Waals surface area contributed by atoms with E-state index in [2.05, 4.69) is 16.2 Å². The summed E-state index contributed by atoms with van der Waals surface area (Å²) in [6.45, 7) is 3.40. The van der Waals surface area contributed by atoms with Gasteiger partial charge in [-0.15, -0.1) is 0 Å². The minimum absolute atomic E-state index is 0.0576. The quantitative estimate of drug-likeness (QED) is 0.422. The highest BCUT2D eigenvalue weighted by molar-refractivity contribution is 5.48. The average molecular weight is 457 g/mol. The molecule has 0 bridgehead atoms. The lowest BCUT2D eigenvalue weighted by Crippen LogP contribution is -2.56. The van der Waals surface area contributed by atoms with Gasteiger partial charge in [-0.25, -0.2) is 5.43 Å². The van der Waals surface area contributed by atoms with E-state index in [0.717, 1.165) is 11.1 Å². The standard InChI is InChI=1S/C25H27F3N4O/c1-16-11-20(23(33)19-8-4-3-5-9-19)14-22(12-16)30-17(2)24(25(26,27)28)32-31-21-10-6-7-18(13-21)15-29/h3-10,12-14,16-17,23-24,30-33H,11H2,1-2H3/t16?,17?,23?,24-/m0/s1. The third kappa shape index (κ3) is 6.60. The van der Waals surface area contributed by atoms with E-state index in [1.54, 1.807) is 24.3 Å². The van der Waals surface area contributed by atoms with Crippen molar-refractivity contribution >= 4 is 5.69 Å². The van der Waals surface area contributed by atoms with Gasteiger partial charge in [0.2, 0.25) is 0 Å². The van der Waals surface area contributed by atoms with E-state index >= 15 is 0 Å². The number of nitrogens with zero attached hydrogens (tertiary/aromatic N) is 1. The van der Waals surface area contributed by atoms with Gasteiger partial charge in [0.25, 0.3) is 0 Å². The molecular formula is C25H27F3N4O. The molecule has 0 aromatic heterocycles. The molecule has 0 spiro atoms. The van der Waals surface area contributed by atoms with E-state index in [4.69, 9.17) is 5.26 Å². The first kappa shape index (κ1) is 24.4. The molecule has 4 atom stereocenters. The van der Waals surface area contributed by atoms with Crippen LogP contribution in [0.1, 0.15) is 37.5 Å². The predicted octanol–water partition coefficient (Wildman–Crippen LogP) is 4.97. The van der Waals surface area contributed by atoms with Crippen molar-refractivity contribution in [3.63, 3.8) is 0 Å². The molecular weight excluding hydrogens is 429 g/mol. The number of nitrogens with one attached hydrogen (secondary N) is 3. The van der Waals surface area contributed by atoms with Crippen LogP contribution in [-0.4, -0.2) is 23.4 Å². The Morgan fingerprint density at radius 1 is 1.12 bits per heavy atom. The van der Waals surface area contributed by atoms with Gasteiger partial charge in [-0.1, -0.05) is 49.4 Å². The van der Waals surface area contributed by atoms with Gasteiger partial charge in [0.15, 0.2) is 0 Å². The number of allylic oxidation sites excluding steroid dienone is 2. The lowest BCUT2D eigenvalue weighted by atomic mass is 9.88. The highest BCUT2D eigenvalue weighted by Crippen LogP contribution is 2.32. The van der Waals surface area contributed by atoms with Crippen LogP contribution in [0.5, 0.6) is 0 Å². The number of benzene rings is 2. The largest absolute Gasteiger partial charge is 0.407 e. The van der Waals surface area contributed by atoms with Crippen molar-refractivity contribution in [1.29, 1.82) is 5.26 Å². The SMILES string of the molecule is CC1C=C(NC(C)[C@H](NNc2cccc(C#N)c2)C(F)(F)F)C=C(C(O)c2ccccc2)C1. The summed E-state index contributed by atoms with van der Waals surface area (Å²) in [5, 5.41) is 22.7. The normalized spacial score (nSPS) is 18.9. The van der Waals surface area contributed by atoms with E-state index < -0.39 is 24.4 Å². The van der Waals surface area contributed by atoms with Crippen LogP contribution in [0.2, 0.25) is 0 Å². The van der Waals surface area contributed by atoms with Crippen molar-refractivity contribution in [3.05, 3.63) is 89.1 Å². The molecule has 1 aliphatic rings. The van der Waals surface area contributed by atoms with Crippen LogP contribution in [-0.2, 0) is 0 Å². The maximum atomic E-state index is 13.8. The van der Waals surface area contributed by atoms with Crippen LogP contribution in [0.15, 0.2) is 78.0 Å². The fourth-order valence-electron chi connectivity index (χ4n) is 3.84. The number of aliphatic hydroxyl groups excluding tert-OH is 1. The Morgan fingerprint density at radius 2 is 1.85 bits per heavy atom. The van der Waals surface area contributed by atoms with Gasteiger partial charge < -0.3 is 15.8 Å². The summed E-state index contributed by atoms with van der Waals surface area (Å²) in [5.41, 5.74) is 7.62. The Balaban J connectivity index is 1.73. The maximum absolute atomic E-state index is 13.8. The number of rotatable bonds is 8. The summed E-state index contributed by atoms with van der Waals surface area (Å²) in [6.07, 6.45) is -1.14. The van der Waals surface area contributed by atoms with E-state index in [0.29, 0.717) is 23.4 Å². The van der Waals surface area contributed by atoms with Gasteiger partial charge in [-0.2, -0.15) is 18.4 Å². The number of alkyl halides is 3. The Hall–Kier alpha value is -3.28. The van der Waals surface area contributed by atoms with Crippen molar-refractivity contribution in [3.8, 4) is 6.07 Å². The zero-order valence-electron chi connectivity index (χ0n) is 18.4. The van der Waals surface area contributed by atoms with Crippen molar-refractivity contribution in [2.45, 2.75) is 44.6 Å². The molecule has 0 amide bonds. The summed E-state index contributed by atoms with van der Waals surface area (Å²) in [5.74, 6) is 0.0576. The molecule has 0 saturated carbocycles. The minimum atomic E-state index is -4.54. The topological polar surface area (TPSA) is 80.1 Å². The number of halogens is 3. The van der Waals surface area contributed by atoms with Crippen LogP contribution in [0, 0.1) is 17.2 Å². The van der Waals surface area contributed by atoms with E-state index in [-0.39, 0.29) is 5.92 Å². The highest BCUT2D eigenvalue weighted by atomic mass is 19.4. The molecule has 0 fully saturated rings. The number of anilines is 1. The number of aliphatic hydroxyl groups is 1. The molecule has 2 aromatic rings. The Morgan fingerprint density at radius 3 is 2.52 bits per heavy atom. The van der Waals surface area contributed by atoms with E-state index in [1.165, 1.54) is 13.0 Å². The van der Waals surface area contributed by atoms with Crippen LogP contribution >= 0.6 is 0 Å². The molecule has 2 aromatic carbocycles. The zero-order valence-corrected chi connectivity index (χ0v) is 18.4. The second kappa shape index (κ2) is 10.6. The lowest BCUT2D eigenvalue weighted by molar-refractivity contribution is -0.159. The van der Waals surface area contributed by atoms with Gasteiger partial charge >= 0.3 is 6.18 Å². The summed E-state index contributed by atoms with van der Waals surface area (Å²) >= 11 is 0. The Kier molecular flexibility index (Phi) is 7.79. The van der Waals surface area contributed by atoms with Gasteiger partial charge in [0, 0.05) is 11.7 Å². The molecule has 5 nitrogen and oxygen atoms in total. The van der Waals surface area contributed by atoms with Crippen LogP contribution < -0.4 is 16.2 Å². The van der Waals surface area contributed by atoms with Crippen LogP contribution in [0.3, 0.4) is 0 Å². The second-order valence-electron chi connectivity index (χ2n) is 8.25. The minimum Gasteiger partial charge on any atom is -0.384 e. The first-order valence-corrected chi connectivity index (χ1v) is 10.7. The smallest absolute Gasteiger partial charge is 0.384 e. The molecule has 4 N–H and O–H groups in total. The summed E-state index contributed by atoms with van der Waals surface area (Å²) in [6, 6.07) is 14.4. The highest BCUT2D eigenvalue weighted by Gasteiger charge is 2.43. The van der Waals surface area contributed by atoms with Gasteiger partial charge in [0.05, 0.1) is 17.3 Å². The van der Waals surface area contributed by atoms with Gasteiger partial charge in [0.1, 0.15) is 12.1 Å². The van der Waals surface area contributed by atoms with Crippen LogP contribution in [0.25, 0.3) is 0 Å². The monoisotopic (exact) mass is 456 g/mol. The summed E-state index contributed by atoms with van der Waals surface area (Å²) < 4.78 is 41.4. The van der Waals surface area contributed by atoms with Gasteiger partial charge in [-0.05, 0) is 54.7 Å². The van der Waals surface area contributed by atoms with Crippen LogP contribution in [0.4, 0.5) is 18.9 Å². The van der Waals surface area contributed by atoms with Crippen molar-refractivity contribution in [2.24, 2.45) is 5.92 Å². The molecule has 33 heavy (non-hydrogen) atoms. The third-order valence-electron chi connectivity index (χ3n) is 5.44. The average Bonchev–Trinajstić information content (AvgIpc) is 2.78. The molecule has 3 unspecified atom stereocenters. The summed E-state index contributed by atoms with van der Waals surface area (Å²) in [4.78, 5) is 0. The lowest BCUT2D eigenvalue weighted by Gasteiger charge is -2.31. The fourth-order valence-corrected chi connectivity index (χ4v) is 3.84. The first-order chi connectivity index (χ1) is 15.7. The maximum Gasteiger partial charge on any atom is 0.407 e. The number of hydrazine groups is 1. The van der Waals surface area contributed by atoms with Crippen molar-refractivity contribution < 1.29 is 18.3 Å².